The van der Waals surface area contributed by atoms with Crippen LogP contribution in [0.25, 0.3) is 0 Å². The fourth-order valence-electron chi connectivity index (χ4n) is 3.56. The number of hydrogen-bond donors (Lipinski definition) is 1. The predicted octanol–water partition coefficient (Wildman–Crippen LogP) is 3.69. The molecule has 3 nitrogen and oxygen atoms in total. The SMILES string of the molecule is O=C(OCc1cccc(Cl)c1)C1CCC2CCCCC2N1. The summed E-state index contributed by atoms with van der Waals surface area (Å²) in [6, 6.07) is 7.82. The fraction of sp³-hybridized carbons (Fsp3) is 0.588. The Bertz CT molecular complexity index is 505. The molecule has 0 amide bonds. The molecule has 0 radical (unpaired) electrons. The van der Waals surface area contributed by atoms with Crippen molar-refractivity contribution in [3.8, 4) is 0 Å². The molecular weight excluding hydrogens is 286 g/mol. The number of hydrogen-bond acceptors (Lipinski definition) is 3. The second-order valence-electron chi connectivity index (χ2n) is 6.19. The van der Waals surface area contributed by atoms with E-state index in [4.69, 9.17) is 16.3 Å². The van der Waals surface area contributed by atoms with Crippen LogP contribution in [-0.4, -0.2) is 18.1 Å². The van der Waals surface area contributed by atoms with E-state index in [0.29, 0.717) is 17.7 Å². The molecule has 0 aromatic heterocycles. The van der Waals surface area contributed by atoms with Crippen molar-refractivity contribution in [2.75, 3.05) is 0 Å². The number of halogens is 1. The molecule has 4 heteroatoms. The fourth-order valence-corrected chi connectivity index (χ4v) is 3.78. The van der Waals surface area contributed by atoms with Gasteiger partial charge in [-0.1, -0.05) is 36.6 Å². The lowest BCUT2D eigenvalue weighted by molar-refractivity contribution is -0.149. The third-order valence-corrected chi connectivity index (χ3v) is 4.94. The predicted molar refractivity (Wildman–Crippen MR) is 83.2 cm³/mol. The number of ether oxygens (including phenoxy) is 1. The highest BCUT2D eigenvalue weighted by molar-refractivity contribution is 6.30. The molecule has 1 saturated heterocycles. The van der Waals surface area contributed by atoms with Gasteiger partial charge in [0, 0.05) is 11.1 Å². The Morgan fingerprint density at radius 1 is 1.24 bits per heavy atom. The molecule has 1 aromatic rings. The molecule has 1 saturated carbocycles. The Hall–Kier alpha value is -1.06. The van der Waals surface area contributed by atoms with Crippen molar-refractivity contribution in [2.45, 2.75) is 57.2 Å². The van der Waals surface area contributed by atoms with Crippen molar-refractivity contribution in [3.05, 3.63) is 34.9 Å². The number of piperidine rings is 1. The number of rotatable bonds is 3. The highest BCUT2D eigenvalue weighted by atomic mass is 35.5. The summed E-state index contributed by atoms with van der Waals surface area (Å²) in [7, 11) is 0. The van der Waals surface area contributed by atoms with Gasteiger partial charge in [-0.05, 0) is 49.3 Å². The van der Waals surface area contributed by atoms with Gasteiger partial charge in [0.2, 0.25) is 0 Å². The molecule has 3 unspecified atom stereocenters. The molecule has 3 rings (SSSR count). The van der Waals surface area contributed by atoms with Gasteiger partial charge in [-0.15, -0.1) is 0 Å². The highest BCUT2D eigenvalue weighted by Gasteiger charge is 2.35. The maximum atomic E-state index is 12.2. The Kier molecular flexibility index (Phi) is 4.81. The summed E-state index contributed by atoms with van der Waals surface area (Å²) >= 11 is 5.93. The largest absolute Gasteiger partial charge is 0.460 e. The van der Waals surface area contributed by atoms with E-state index in [2.05, 4.69) is 5.32 Å². The average Bonchev–Trinajstić information content (AvgIpc) is 2.52. The van der Waals surface area contributed by atoms with E-state index in [1.54, 1.807) is 0 Å². The van der Waals surface area contributed by atoms with Gasteiger partial charge in [-0.25, -0.2) is 0 Å². The average molecular weight is 308 g/mol. The molecule has 1 aromatic carbocycles. The minimum absolute atomic E-state index is 0.126. The van der Waals surface area contributed by atoms with E-state index in [9.17, 15) is 4.79 Å². The number of esters is 1. The van der Waals surface area contributed by atoms with Crippen LogP contribution in [0, 0.1) is 5.92 Å². The Morgan fingerprint density at radius 3 is 2.95 bits per heavy atom. The lowest BCUT2D eigenvalue weighted by atomic mass is 9.78. The third-order valence-electron chi connectivity index (χ3n) is 4.71. The van der Waals surface area contributed by atoms with Crippen LogP contribution in [0.3, 0.4) is 0 Å². The summed E-state index contributed by atoms with van der Waals surface area (Å²) in [5, 5.41) is 4.17. The van der Waals surface area contributed by atoms with E-state index >= 15 is 0 Å². The van der Waals surface area contributed by atoms with Crippen molar-refractivity contribution in [2.24, 2.45) is 5.92 Å². The minimum Gasteiger partial charge on any atom is -0.460 e. The van der Waals surface area contributed by atoms with Crippen LogP contribution in [0.4, 0.5) is 0 Å². The van der Waals surface area contributed by atoms with E-state index in [1.807, 2.05) is 24.3 Å². The van der Waals surface area contributed by atoms with Gasteiger partial charge < -0.3 is 10.1 Å². The first-order valence-corrected chi connectivity index (χ1v) is 8.27. The third kappa shape index (κ3) is 3.78. The molecule has 0 bridgehead atoms. The van der Waals surface area contributed by atoms with Crippen LogP contribution in [0.15, 0.2) is 24.3 Å². The Morgan fingerprint density at radius 2 is 2.10 bits per heavy atom. The van der Waals surface area contributed by atoms with Gasteiger partial charge in [0.15, 0.2) is 0 Å². The van der Waals surface area contributed by atoms with Crippen LogP contribution in [0.2, 0.25) is 5.02 Å². The van der Waals surface area contributed by atoms with Gasteiger partial charge in [-0.3, -0.25) is 4.79 Å². The Balaban J connectivity index is 1.51. The molecule has 0 spiro atoms. The lowest BCUT2D eigenvalue weighted by Crippen LogP contribution is -2.52. The summed E-state index contributed by atoms with van der Waals surface area (Å²) in [6.07, 6.45) is 7.17. The number of carbonyl (C=O) groups excluding carboxylic acids is 1. The van der Waals surface area contributed by atoms with Crippen molar-refractivity contribution < 1.29 is 9.53 Å². The van der Waals surface area contributed by atoms with Crippen LogP contribution in [0.5, 0.6) is 0 Å². The van der Waals surface area contributed by atoms with Crippen LogP contribution >= 0.6 is 11.6 Å². The molecule has 1 aliphatic heterocycles. The number of carbonyl (C=O) groups is 1. The maximum absolute atomic E-state index is 12.2. The molecule has 3 atom stereocenters. The first kappa shape index (κ1) is 14.9. The second kappa shape index (κ2) is 6.80. The molecule has 1 N–H and O–H groups in total. The zero-order valence-electron chi connectivity index (χ0n) is 12.2. The molecule has 2 fully saturated rings. The van der Waals surface area contributed by atoms with Gasteiger partial charge in [0.1, 0.15) is 12.6 Å². The first-order valence-electron chi connectivity index (χ1n) is 7.89. The monoisotopic (exact) mass is 307 g/mol. The normalized spacial score (nSPS) is 28.7. The highest BCUT2D eigenvalue weighted by Crippen LogP contribution is 2.32. The number of fused-ring (bicyclic) bond motifs is 1. The summed E-state index contributed by atoms with van der Waals surface area (Å²) < 4.78 is 5.44. The van der Waals surface area contributed by atoms with E-state index in [-0.39, 0.29) is 12.0 Å². The summed E-state index contributed by atoms with van der Waals surface area (Å²) in [4.78, 5) is 12.2. The molecule has 1 aliphatic carbocycles. The summed E-state index contributed by atoms with van der Waals surface area (Å²) in [5.41, 5.74) is 0.933. The van der Waals surface area contributed by atoms with Gasteiger partial charge in [0.05, 0.1) is 0 Å². The first-order chi connectivity index (χ1) is 10.2. The standard InChI is InChI=1S/C17H22ClNO2/c18-14-6-3-4-12(10-14)11-21-17(20)16-9-8-13-5-1-2-7-15(13)19-16/h3-4,6,10,13,15-16,19H,1-2,5,7-9,11H2. The van der Waals surface area contributed by atoms with E-state index in [0.717, 1.165) is 24.3 Å². The van der Waals surface area contributed by atoms with E-state index < -0.39 is 0 Å². The van der Waals surface area contributed by atoms with Crippen molar-refractivity contribution in [1.29, 1.82) is 0 Å². The maximum Gasteiger partial charge on any atom is 0.323 e. The van der Waals surface area contributed by atoms with Gasteiger partial charge in [0.25, 0.3) is 0 Å². The van der Waals surface area contributed by atoms with Crippen LogP contribution in [-0.2, 0) is 16.1 Å². The zero-order valence-corrected chi connectivity index (χ0v) is 12.9. The lowest BCUT2D eigenvalue weighted by Gasteiger charge is -2.39. The minimum atomic E-state index is -0.136. The van der Waals surface area contributed by atoms with Crippen LogP contribution < -0.4 is 5.32 Å². The quantitative estimate of drug-likeness (QED) is 0.865. The zero-order chi connectivity index (χ0) is 14.7. The smallest absolute Gasteiger partial charge is 0.323 e. The molecule has 1 heterocycles. The van der Waals surface area contributed by atoms with Crippen molar-refractivity contribution >= 4 is 17.6 Å². The second-order valence-corrected chi connectivity index (χ2v) is 6.62. The molecule has 114 valence electrons. The van der Waals surface area contributed by atoms with Gasteiger partial charge in [-0.2, -0.15) is 0 Å². The van der Waals surface area contributed by atoms with Crippen molar-refractivity contribution in [3.63, 3.8) is 0 Å². The Labute approximate surface area is 131 Å². The summed E-state index contributed by atoms with van der Waals surface area (Å²) in [5.74, 6) is 0.634. The van der Waals surface area contributed by atoms with Gasteiger partial charge >= 0.3 is 5.97 Å². The molecule has 2 aliphatic rings. The summed E-state index contributed by atoms with van der Waals surface area (Å²) in [6.45, 7) is 0.297. The van der Waals surface area contributed by atoms with Crippen molar-refractivity contribution in [1.82, 2.24) is 5.32 Å². The van der Waals surface area contributed by atoms with Crippen LogP contribution in [0.1, 0.15) is 44.1 Å². The van der Waals surface area contributed by atoms with E-state index in [1.165, 1.54) is 25.7 Å². The molecule has 21 heavy (non-hydrogen) atoms. The number of nitrogens with one attached hydrogen (secondary N) is 1. The topological polar surface area (TPSA) is 38.3 Å². The number of benzene rings is 1. The molecular formula is C17H22ClNO2.